The van der Waals surface area contributed by atoms with Crippen molar-refractivity contribution in [3.8, 4) is 0 Å². The van der Waals surface area contributed by atoms with E-state index in [4.69, 9.17) is 11.6 Å². The minimum atomic E-state index is 0.250. The summed E-state index contributed by atoms with van der Waals surface area (Å²) in [6.45, 7) is 0.820. The highest BCUT2D eigenvalue weighted by Gasteiger charge is 2.23. The van der Waals surface area contributed by atoms with Crippen LogP contribution in [0.3, 0.4) is 0 Å². The summed E-state index contributed by atoms with van der Waals surface area (Å²) in [7, 11) is 1.87. The van der Waals surface area contributed by atoms with Crippen LogP contribution in [0.4, 0.5) is 0 Å². The van der Waals surface area contributed by atoms with E-state index in [2.05, 4.69) is 12.1 Å². The monoisotopic (exact) mass is 223 g/mol. The molecular weight excluding hydrogens is 210 g/mol. The van der Waals surface area contributed by atoms with Crippen molar-refractivity contribution >= 4 is 17.5 Å². The van der Waals surface area contributed by atoms with Gasteiger partial charge in [0.15, 0.2) is 0 Å². The van der Waals surface area contributed by atoms with Crippen LogP contribution in [0.15, 0.2) is 24.3 Å². The Balaban J connectivity index is 2.12. The van der Waals surface area contributed by atoms with E-state index in [1.165, 1.54) is 5.56 Å². The van der Waals surface area contributed by atoms with Crippen molar-refractivity contribution in [1.29, 1.82) is 0 Å². The first-order valence-corrected chi connectivity index (χ1v) is 5.54. The van der Waals surface area contributed by atoms with E-state index in [0.717, 1.165) is 18.0 Å². The average molecular weight is 224 g/mol. The van der Waals surface area contributed by atoms with E-state index in [9.17, 15) is 4.79 Å². The zero-order valence-electron chi connectivity index (χ0n) is 8.74. The zero-order chi connectivity index (χ0) is 10.8. The molecule has 1 saturated heterocycles. The summed E-state index contributed by atoms with van der Waals surface area (Å²) in [4.78, 5) is 13.1. The fraction of sp³-hybridized carbons (Fsp3) is 0.417. The van der Waals surface area contributed by atoms with Gasteiger partial charge in [0.25, 0.3) is 0 Å². The molecule has 2 nitrogen and oxygen atoms in total. The van der Waals surface area contributed by atoms with E-state index in [1.807, 2.05) is 24.1 Å². The van der Waals surface area contributed by atoms with Crippen molar-refractivity contribution in [3.05, 3.63) is 34.9 Å². The van der Waals surface area contributed by atoms with Gasteiger partial charge in [-0.15, -0.1) is 0 Å². The molecule has 0 spiro atoms. The number of hydrogen-bond donors (Lipinski definition) is 0. The van der Waals surface area contributed by atoms with Gasteiger partial charge in [-0.1, -0.05) is 23.7 Å². The molecule has 15 heavy (non-hydrogen) atoms. The standard InChI is InChI=1S/C12H14ClNO/c1-14-8-10(4-7-12(14)15)9-2-5-11(13)6-3-9/h2-3,5-6,10H,4,7-8H2,1H3. The maximum atomic E-state index is 11.3. The minimum Gasteiger partial charge on any atom is -0.345 e. The van der Waals surface area contributed by atoms with Gasteiger partial charge in [0.05, 0.1) is 0 Å². The van der Waals surface area contributed by atoms with Gasteiger partial charge in [-0.05, 0) is 24.1 Å². The second-order valence-corrected chi connectivity index (χ2v) is 4.50. The fourth-order valence-corrected chi connectivity index (χ4v) is 2.15. The molecular formula is C12H14ClNO. The van der Waals surface area contributed by atoms with E-state index in [0.29, 0.717) is 12.3 Å². The molecule has 0 saturated carbocycles. The van der Waals surface area contributed by atoms with Crippen LogP contribution in [0.25, 0.3) is 0 Å². The summed E-state index contributed by atoms with van der Waals surface area (Å²) in [5, 5.41) is 0.763. The molecule has 0 radical (unpaired) electrons. The van der Waals surface area contributed by atoms with Crippen LogP contribution in [-0.2, 0) is 4.79 Å². The van der Waals surface area contributed by atoms with Gasteiger partial charge in [0.1, 0.15) is 0 Å². The number of hydrogen-bond acceptors (Lipinski definition) is 1. The van der Waals surface area contributed by atoms with Crippen LogP contribution in [0.2, 0.25) is 5.02 Å². The van der Waals surface area contributed by atoms with Crippen LogP contribution in [0, 0.1) is 0 Å². The molecule has 1 heterocycles. The lowest BCUT2D eigenvalue weighted by molar-refractivity contribution is -0.132. The third-order valence-corrected chi connectivity index (χ3v) is 3.22. The first-order valence-electron chi connectivity index (χ1n) is 5.16. The molecule has 1 aromatic carbocycles. The molecule has 0 N–H and O–H groups in total. The molecule has 80 valence electrons. The molecule has 1 aromatic rings. The summed E-state index contributed by atoms with van der Waals surface area (Å²) in [6.07, 6.45) is 1.61. The van der Waals surface area contributed by atoms with Crippen LogP contribution < -0.4 is 0 Å². The van der Waals surface area contributed by atoms with Crippen LogP contribution in [0.1, 0.15) is 24.3 Å². The van der Waals surface area contributed by atoms with Gasteiger partial charge in [-0.3, -0.25) is 4.79 Å². The molecule has 0 aromatic heterocycles. The molecule has 1 atom stereocenters. The SMILES string of the molecule is CN1CC(c2ccc(Cl)cc2)CCC1=O. The predicted octanol–water partition coefficient (Wildman–Crippen LogP) is 2.68. The molecule has 1 fully saturated rings. The van der Waals surface area contributed by atoms with Gasteiger partial charge < -0.3 is 4.90 Å². The molecule has 0 bridgehead atoms. The van der Waals surface area contributed by atoms with E-state index in [1.54, 1.807) is 0 Å². The van der Waals surface area contributed by atoms with E-state index >= 15 is 0 Å². The van der Waals surface area contributed by atoms with E-state index in [-0.39, 0.29) is 5.91 Å². The largest absolute Gasteiger partial charge is 0.345 e. The molecule has 1 aliphatic rings. The van der Waals surface area contributed by atoms with Gasteiger partial charge >= 0.3 is 0 Å². The highest BCUT2D eigenvalue weighted by Crippen LogP contribution is 2.27. The smallest absolute Gasteiger partial charge is 0.222 e. The Labute approximate surface area is 94.8 Å². The Morgan fingerprint density at radius 3 is 2.60 bits per heavy atom. The lowest BCUT2D eigenvalue weighted by Gasteiger charge is -2.29. The molecule has 0 aliphatic carbocycles. The number of amides is 1. The Morgan fingerprint density at radius 1 is 1.33 bits per heavy atom. The van der Waals surface area contributed by atoms with Crippen LogP contribution >= 0.6 is 11.6 Å². The molecule has 3 heteroatoms. The van der Waals surface area contributed by atoms with Gasteiger partial charge in [0.2, 0.25) is 5.91 Å². The van der Waals surface area contributed by atoms with Gasteiger partial charge in [0, 0.05) is 31.0 Å². The van der Waals surface area contributed by atoms with Crippen molar-refractivity contribution in [1.82, 2.24) is 4.90 Å². The van der Waals surface area contributed by atoms with Gasteiger partial charge in [-0.25, -0.2) is 0 Å². The lowest BCUT2D eigenvalue weighted by Crippen LogP contribution is -2.35. The van der Waals surface area contributed by atoms with Crippen molar-refractivity contribution in [3.63, 3.8) is 0 Å². The minimum absolute atomic E-state index is 0.250. The maximum absolute atomic E-state index is 11.3. The molecule has 2 rings (SSSR count). The number of carbonyl (C=O) groups is 1. The number of nitrogens with zero attached hydrogens (tertiary/aromatic N) is 1. The number of likely N-dealkylation sites (tertiary alicyclic amines) is 1. The molecule has 1 aliphatic heterocycles. The number of piperidine rings is 1. The highest BCUT2D eigenvalue weighted by atomic mass is 35.5. The number of rotatable bonds is 1. The third-order valence-electron chi connectivity index (χ3n) is 2.97. The fourth-order valence-electron chi connectivity index (χ4n) is 2.02. The van der Waals surface area contributed by atoms with Gasteiger partial charge in [-0.2, -0.15) is 0 Å². The van der Waals surface area contributed by atoms with Crippen LogP contribution in [-0.4, -0.2) is 24.4 Å². The van der Waals surface area contributed by atoms with Crippen LogP contribution in [0.5, 0.6) is 0 Å². The normalized spacial score (nSPS) is 21.9. The second-order valence-electron chi connectivity index (χ2n) is 4.06. The van der Waals surface area contributed by atoms with Crippen molar-refractivity contribution in [2.24, 2.45) is 0 Å². The Hall–Kier alpha value is -1.02. The van der Waals surface area contributed by atoms with Crippen molar-refractivity contribution in [2.75, 3.05) is 13.6 Å². The quantitative estimate of drug-likeness (QED) is 0.717. The Morgan fingerprint density at radius 2 is 2.00 bits per heavy atom. The van der Waals surface area contributed by atoms with Crippen molar-refractivity contribution < 1.29 is 4.79 Å². The molecule has 1 amide bonds. The number of halogens is 1. The highest BCUT2D eigenvalue weighted by molar-refractivity contribution is 6.30. The predicted molar refractivity (Wildman–Crippen MR) is 61.1 cm³/mol. The number of likely N-dealkylation sites (N-methyl/N-ethyl adjacent to an activating group) is 1. The Bertz CT molecular complexity index is 360. The summed E-state index contributed by atoms with van der Waals surface area (Å²) >= 11 is 5.84. The second kappa shape index (κ2) is 4.23. The first-order chi connectivity index (χ1) is 7.16. The third kappa shape index (κ3) is 2.32. The maximum Gasteiger partial charge on any atom is 0.222 e. The summed E-state index contributed by atoms with van der Waals surface area (Å²) in [5.74, 6) is 0.713. The number of benzene rings is 1. The molecule has 1 unspecified atom stereocenters. The summed E-state index contributed by atoms with van der Waals surface area (Å²) in [6, 6.07) is 7.92. The lowest BCUT2D eigenvalue weighted by atomic mass is 9.91. The zero-order valence-corrected chi connectivity index (χ0v) is 9.50. The Kier molecular flexibility index (Phi) is 2.96. The summed E-state index contributed by atoms with van der Waals surface area (Å²) < 4.78 is 0. The van der Waals surface area contributed by atoms with E-state index < -0.39 is 0 Å². The van der Waals surface area contributed by atoms with Crippen molar-refractivity contribution in [2.45, 2.75) is 18.8 Å². The average Bonchev–Trinajstić information content (AvgIpc) is 2.23. The topological polar surface area (TPSA) is 20.3 Å². The first kappa shape index (κ1) is 10.5. The number of carbonyl (C=O) groups excluding carboxylic acids is 1. The summed E-state index contributed by atoms with van der Waals surface area (Å²) in [5.41, 5.74) is 1.28.